The molecule has 94 valence electrons. The first-order valence-electron chi connectivity index (χ1n) is 6.74. The van der Waals surface area contributed by atoms with E-state index in [4.69, 9.17) is 10.00 Å². The third kappa shape index (κ3) is 2.09. The second-order valence-electron chi connectivity index (χ2n) is 5.15. The lowest BCUT2D eigenvalue weighted by atomic mass is 9.92. The van der Waals surface area contributed by atoms with Gasteiger partial charge >= 0.3 is 0 Å². The Morgan fingerprint density at radius 3 is 3.11 bits per heavy atom. The Balaban J connectivity index is 1.76. The van der Waals surface area contributed by atoms with Crippen LogP contribution in [0.2, 0.25) is 0 Å². The van der Waals surface area contributed by atoms with Crippen molar-refractivity contribution in [2.45, 2.75) is 31.2 Å². The molecule has 0 saturated carbocycles. The Hall–Kier alpha value is -1.53. The van der Waals surface area contributed by atoms with E-state index in [2.05, 4.69) is 23.1 Å². The zero-order valence-corrected chi connectivity index (χ0v) is 10.5. The van der Waals surface area contributed by atoms with Crippen molar-refractivity contribution in [3.63, 3.8) is 0 Å². The highest BCUT2D eigenvalue weighted by molar-refractivity contribution is 5.38. The zero-order chi connectivity index (χ0) is 12.4. The highest BCUT2D eigenvalue weighted by atomic mass is 16.5. The predicted molar refractivity (Wildman–Crippen MR) is 69.5 cm³/mol. The van der Waals surface area contributed by atoms with Gasteiger partial charge in [-0.1, -0.05) is 18.2 Å². The van der Waals surface area contributed by atoms with Crippen molar-refractivity contribution in [3.8, 4) is 11.8 Å². The van der Waals surface area contributed by atoms with E-state index in [1.54, 1.807) is 0 Å². The summed E-state index contributed by atoms with van der Waals surface area (Å²) >= 11 is 0. The number of rotatable bonds is 2. The van der Waals surface area contributed by atoms with Gasteiger partial charge in [-0.15, -0.1) is 0 Å². The van der Waals surface area contributed by atoms with Crippen LogP contribution in [0.15, 0.2) is 24.3 Å². The molecule has 2 aliphatic heterocycles. The van der Waals surface area contributed by atoms with E-state index in [1.165, 1.54) is 5.56 Å². The van der Waals surface area contributed by atoms with E-state index in [9.17, 15) is 0 Å². The van der Waals surface area contributed by atoms with Gasteiger partial charge in [-0.3, -0.25) is 4.90 Å². The summed E-state index contributed by atoms with van der Waals surface area (Å²) in [7, 11) is 0. The minimum atomic E-state index is 0.125. The molecule has 2 aliphatic rings. The fraction of sp³-hybridized carbons (Fsp3) is 0.533. The normalized spacial score (nSPS) is 27.3. The van der Waals surface area contributed by atoms with Crippen LogP contribution < -0.4 is 4.74 Å². The van der Waals surface area contributed by atoms with Crippen LogP contribution in [-0.2, 0) is 0 Å². The number of para-hydroxylation sites is 1. The molecule has 2 heterocycles. The molecule has 1 aromatic rings. The molecule has 0 N–H and O–H groups in total. The zero-order valence-electron chi connectivity index (χ0n) is 10.5. The standard InChI is InChI=1S/C15H18N2O/c16-10-13-4-3-8-17(13)11-12-7-9-18-15-6-2-1-5-14(12)15/h1-2,5-6,12-13H,3-4,7-9,11H2. The van der Waals surface area contributed by atoms with Crippen molar-refractivity contribution in [2.24, 2.45) is 0 Å². The van der Waals surface area contributed by atoms with Crippen LogP contribution in [0.1, 0.15) is 30.7 Å². The molecule has 3 rings (SSSR count). The Morgan fingerprint density at radius 1 is 1.33 bits per heavy atom. The molecule has 0 radical (unpaired) electrons. The summed E-state index contributed by atoms with van der Waals surface area (Å²) in [5, 5.41) is 9.14. The van der Waals surface area contributed by atoms with Crippen molar-refractivity contribution in [1.29, 1.82) is 5.26 Å². The summed E-state index contributed by atoms with van der Waals surface area (Å²) in [5.41, 5.74) is 1.31. The third-order valence-electron chi connectivity index (χ3n) is 4.05. The summed E-state index contributed by atoms with van der Waals surface area (Å²) < 4.78 is 5.69. The smallest absolute Gasteiger partial charge is 0.122 e. The van der Waals surface area contributed by atoms with Gasteiger partial charge in [-0.25, -0.2) is 0 Å². The van der Waals surface area contributed by atoms with Crippen molar-refractivity contribution in [2.75, 3.05) is 19.7 Å². The third-order valence-corrected chi connectivity index (χ3v) is 4.05. The van der Waals surface area contributed by atoms with Gasteiger partial charge in [0.2, 0.25) is 0 Å². The van der Waals surface area contributed by atoms with E-state index in [1.807, 2.05) is 12.1 Å². The molecule has 0 bridgehead atoms. The molecule has 18 heavy (non-hydrogen) atoms. The topological polar surface area (TPSA) is 36.3 Å². The van der Waals surface area contributed by atoms with Gasteiger partial charge in [0, 0.05) is 12.5 Å². The van der Waals surface area contributed by atoms with Crippen molar-refractivity contribution >= 4 is 0 Å². The van der Waals surface area contributed by atoms with Gasteiger partial charge in [-0.2, -0.15) is 5.26 Å². The van der Waals surface area contributed by atoms with E-state index in [0.717, 1.165) is 44.7 Å². The van der Waals surface area contributed by atoms with Crippen LogP contribution in [0.5, 0.6) is 5.75 Å². The molecule has 1 aromatic carbocycles. The SMILES string of the molecule is N#CC1CCCN1CC1CCOc2ccccc21. The Morgan fingerprint density at radius 2 is 2.22 bits per heavy atom. The molecule has 2 atom stereocenters. The lowest BCUT2D eigenvalue weighted by Gasteiger charge is -2.30. The van der Waals surface area contributed by atoms with Gasteiger partial charge in [0.15, 0.2) is 0 Å². The molecule has 0 aliphatic carbocycles. The maximum absolute atomic E-state index is 9.14. The van der Waals surface area contributed by atoms with Crippen LogP contribution in [0.25, 0.3) is 0 Å². The second-order valence-corrected chi connectivity index (χ2v) is 5.15. The molecule has 2 unspecified atom stereocenters. The maximum atomic E-state index is 9.14. The molecule has 1 fully saturated rings. The Labute approximate surface area is 108 Å². The number of nitrogens with zero attached hydrogens (tertiary/aromatic N) is 2. The van der Waals surface area contributed by atoms with E-state index in [-0.39, 0.29) is 6.04 Å². The quantitative estimate of drug-likeness (QED) is 0.799. The van der Waals surface area contributed by atoms with Crippen LogP contribution in [0.3, 0.4) is 0 Å². The lowest BCUT2D eigenvalue weighted by Crippen LogP contribution is -2.34. The fourth-order valence-corrected chi connectivity index (χ4v) is 3.08. The number of fused-ring (bicyclic) bond motifs is 1. The predicted octanol–water partition coefficient (Wildman–Crippen LogP) is 2.54. The first-order chi connectivity index (χ1) is 8.88. The highest BCUT2D eigenvalue weighted by Gasteiger charge is 2.29. The number of hydrogen-bond acceptors (Lipinski definition) is 3. The minimum Gasteiger partial charge on any atom is -0.493 e. The van der Waals surface area contributed by atoms with Crippen molar-refractivity contribution in [1.82, 2.24) is 4.90 Å². The lowest BCUT2D eigenvalue weighted by molar-refractivity contribution is 0.218. The first-order valence-corrected chi connectivity index (χ1v) is 6.74. The minimum absolute atomic E-state index is 0.125. The fourth-order valence-electron chi connectivity index (χ4n) is 3.08. The number of likely N-dealkylation sites (tertiary alicyclic amines) is 1. The monoisotopic (exact) mass is 242 g/mol. The number of hydrogen-bond donors (Lipinski definition) is 0. The summed E-state index contributed by atoms with van der Waals surface area (Å²) in [6.45, 7) is 2.86. The van der Waals surface area contributed by atoms with Gasteiger partial charge in [0.25, 0.3) is 0 Å². The van der Waals surface area contributed by atoms with E-state index in [0.29, 0.717) is 5.92 Å². The molecule has 3 heteroatoms. The first kappa shape index (κ1) is 11.6. The largest absolute Gasteiger partial charge is 0.493 e. The van der Waals surface area contributed by atoms with Gasteiger partial charge in [-0.05, 0) is 37.4 Å². The summed E-state index contributed by atoms with van der Waals surface area (Å²) in [6, 6.07) is 10.9. The van der Waals surface area contributed by atoms with E-state index >= 15 is 0 Å². The number of benzene rings is 1. The van der Waals surface area contributed by atoms with Crippen LogP contribution in [-0.4, -0.2) is 30.6 Å². The van der Waals surface area contributed by atoms with Crippen molar-refractivity contribution in [3.05, 3.63) is 29.8 Å². The molecular weight excluding hydrogens is 224 g/mol. The molecule has 3 nitrogen and oxygen atoms in total. The Kier molecular flexibility index (Phi) is 3.21. The van der Waals surface area contributed by atoms with Gasteiger partial charge in [0.1, 0.15) is 5.75 Å². The van der Waals surface area contributed by atoms with Gasteiger partial charge < -0.3 is 4.74 Å². The average Bonchev–Trinajstić information content (AvgIpc) is 2.86. The van der Waals surface area contributed by atoms with E-state index < -0.39 is 0 Å². The van der Waals surface area contributed by atoms with Crippen LogP contribution >= 0.6 is 0 Å². The molecule has 0 amide bonds. The van der Waals surface area contributed by atoms with Gasteiger partial charge in [0.05, 0.1) is 18.7 Å². The summed E-state index contributed by atoms with van der Waals surface area (Å²) in [5.74, 6) is 1.55. The second kappa shape index (κ2) is 4.99. The number of nitriles is 1. The average molecular weight is 242 g/mol. The highest BCUT2D eigenvalue weighted by Crippen LogP contribution is 2.35. The molecule has 1 saturated heterocycles. The Bertz CT molecular complexity index is 466. The molecule has 0 aromatic heterocycles. The van der Waals surface area contributed by atoms with Crippen molar-refractivity contribution < 1.29 is 4.74 Å². The summed E-state index contributed by atoms with van der Waals surface area (Å²) in [4.78, 5) is 2.34. The molecular formula is C15H18N2O. The number of ether oxygens (including phenoxy) is 1. The van der Waals surface area contributed by atoms with Crippen LogP contribution in [0, 0.1) is 11.3 Å². The van der Waals surface area contributed by atoms with Crippen LogP contribution in [0.4, 0.5) is 0 Å². The summed E-state index contributed by atoms with van der Waals surface area (Å²) in [6.07, 6.45) is 3.25. The maximum Gasteiger partial charge on any atom is 0.122 e. The molecule has 0 spiro atoms.